The van der Waals surface area contributed by atoms with E-state index in [-0.39, 0.29) is 5.56 Å². The van der Waals surface area contributed by atoms with Crippen LogP contribution in [0.4, 0.5) is 0 Å². The molecule has 0 saturated carbocycles. The van der Waals surface area contributed by atoms with Gasteiger partial charge in [-0.25, -0.2) is 4.98 Å². The number of thioether (sulfide) groups is 1. The van der Waals surface area contributed by atoms with Crippen molar-refractivity contribution in [2.75, 3.05) is 0 Å². The lowest BCUT2D eigenvalue weighted by Gasteiger charge is -2.08. The molecule has 0 saturated heterocycles. The monoisotopic (exact) mass is 429 g/mol. The van der Waals surface area contributed by atoms with E-state index < -0.39 is 0 Å². The van der Waals surface area contributed by atoms with Gasteiger partial charge in [-0.1, -0.05) is 29.4 Å². The van der Waals surface area contributed by atoms with Gasteiger partial charge in [-0.15, -0.1) is 21.5 Å². The molecule has 0 radical (unpaired) electrons. The predicted molar refractivity (Wildman–Crippen MR) is 113 cm³/mol. The van der Waals surface area contributed by atoms with Gasteiger partial charge in [-0.3, -0.25) is 9.36 Å². The van der Waals surface area contributed by atoms with Crippen molar-refractivity contribution in [1.82, 2.24) is 24.7 Å². The molecule has 0 fully saturated rings. The summed E-state index contributed by atoms with van der Waals surface area (Å²) in [6.45, 7) is 1.96. The number of benzene rings is 1. The molecule has 0 spiro atoms. The average Bonchev–Trinajstić information content (AvgIpc) is 3.37. The van der Waals surface area contributed by atoms with Crippen molar-refractivity contribution in [3.8, 4) is 5.69 Å². The van der Waals surface area contributed by atoms with Gasteiger partial charge in [0, 0.05) is 9.90 Å². The molecular formula is C19H16ClN5OS2. The Balaban J connectivity index is 1.42. The van der Waals surface area contributed by atoms with Gasteiger partial charge in [0.25, 0.3) is 5.56 Å². The van der Waals surface area contributed by atoms with Crippen LogP contribution in [-0.2, 0) is 18.6 Å². The van der Waals surface area contributed by atoms with Crippen LogP contribution in [-0.4, -0.2) is 24.7 Å². The minimum atomic E-state index is -0.0354. The summed E-state index contributed by atoms with van der Waals surface area (Å²) in [5.74, 6) is 1.16. The molecule has 28 heavy (non-hydrogen) atoms. The smallest absolute Gasteiger partial charge is 0.259 e. The molecule has 0 atom stereocenters. The molecule has 0 unspecified atom stereocenters. The number of halogens is 1. The maximum Gasteiger partial charge on any atom is 0.259 e. The van der Waals surface area contributed by atoms with Crippen LogP contribution in [0.3, 0.4) is 0 Å². The van der Waals surface area contributed by atoms with Gasteiger partial charge in [-0.05, 0) is 49.4 Å². The number of nitrogens with one attached hydrogen (secondary N) is 1. The maximum absolute atomic E-state index is 12.6. The number of aromatic nitrogens is 5. The summed E-state index contributed by atoms with van der Waals surface area (Å²) in [7, 11) is 0. The standard InChI is InChI=1S/C19H16ClN5OS2/c1-10-5-6-11(7-13(10)20)25-9-21-24-19(25)27-8-15-22-17(26)16-12-3-2-4-14(12)28-18(16)23-15/h5-7,9H,2-4,8H2,1H3,(H,22,23,26). The second-order valence-corrected chi connectivity index (χ2v) is 9.19. The Hall–Kier alpha value is -2.16. The summed E-state index contributed by atoms with van der Waals surface area (Å²) < 4.78 is 1.88. The van der Waals surface area contributed by atoms with E-state index in [0.717, 1.165) is 45.9 Å². The van der Waals surface area contributed by atoms with Crippen molar-refractivity contribution in [3.63, 3.8) is 0 Å². The number of hydrogen-bond donors (Lipinski definition) is 1. The fraction of sp³-hybridized carbons (Fsp3) is 0.263. The number of hydrogen-bond acceptors (Lipinski definition) is 6. The van der Waals surface area contributed by atoms with E-state index in [0.29, 0.717) is 16.6 Å². The maximum atomic E-state index is 12.6. The van der Waals surface area contributed by atoms with Gasteiger partial charge in [0.1, 0.15) is 17.0 Å². The molecule has 5 rings (SSSR count). The van der Waals surface area contributed by atoms with Crippen LogP contribution in [0.1, 0.15) is 28.2 Å². The van der Waals surface area contributed by atoms with Crippen molar-refractivity contribution in [1.29, 1.82) is 0 Å². The number of fused-ring (bicyclic) bond motifs is 3. The van der Waals surface area contributed by atoms with Crippen LogP contribution in [0.25, 0.3) is 15.9 Å². The normalized spacial score (nSPS) is 13.4. The summed E-state index contributed by atoms with van der Waals surface area (Å²) in [5.41, 5.74) is 3.08. The molecule has 0 aliphatic heterocycles. The highest BCUT2D eigenvalue weighted by molar-refractivity contribution is 7.98. The Morgan fingerprint density at radius 3 is 3.11 bits per heavy atom. The van der Waals surface area contributed by atoms with Gasteiger partial charge < -0.3 is 4.98 Å². The molecule has 142 valence electrons. The first-order valence-corrected chi connectivity index (χ1v) is 11.1. The van der Waals surface area contributed by atoms with Crippen molar-refractivity contribution in [2.24, 2.45) is 0 Å². The number of aryl methyl sites for hydroxylation is 3. The quantitative estimate of drug-likeness (QED) is 0.489. The Bertz CT molecular complexity index is 1260. The van der Waals surface area contributed by atoms with Crippen LogP contribution >= 0.6 is 34.7 Å². The molecule has 3 aromatic heterocycles. The zero-order valence-corrected chi connectivity index (χ0v) is 17.4. The molecular weight excluding hydrogens is 414 g/mol. The van der Waals surface area contributed by atoms with Gasteiger partial charge in [0.05, 0.1) is 16.8 Å². The Kier molecular flexibility index (Phi) is 4.49. The molecule has 6 nitrogen and oxygen atoms in total. The minimum Gasteiger partial charge on any atom is -0.309 e. The lowest BCUT2D eigenvalue weighted by molar-refractivity contribution is 0.880. The summed E-state index contributed by atoms with van der Waals surface area (Å²) in [6, 6.07) is 5.84. The average molecular weight is 430 g/mol. The van der Waals surface area contributed by atoms with Gasteiger partial charge in [0.2, 0.25) is 0 Å². The highest BCUT2D eigenvalue weighted by Crippen LogP contribution is 2.34. The van der Waals surface area contributed by atoms with E-state index in [9.17, 15) is 4.79 Å². The van der Waals surface area contributed by atoms with E-state index in [1.807, 2.05) is 29.7 Å². The van der Waals surface area contributed by atoms with Crippen LogP contribution in [0.15, 0.2) is 34.5 Å². The van der Waals surface area contributed by atoms with Crippen molar-refractivity contribution in [2.45, 2.75) is 37.1 Å². The summed E-state index contributed by atoms with van der Waals surface area (Å²) in [6.07, 6.45) is 4.83. The molecule has 1 aliphatic rings. The molecule has 4 aromatic rings. The first-order chi connectivity index (χ1) is 13.6. The predicted octanol–water partition coefficient (Wildman–Crippen LogP) is 4.31. The van der Waals surface area contributed by atoms with E-state index in [1.54, 1.807) is 17.7 Å². The lowest BCUT2D eigenvalue weighted by Crippen LogP contribution is -2.11. The Labute approximate surface area is 174 Å². The minimum absolute atomic E-state index is 0.0354. The summed E-state index contributed by atoms with van der Waals surface area (Å²) >= 11 is 9.38. The molecule has 1 aliphatic carbocycles. The fourth-order valence-corrected chi connectivity index (χ4v) is 5.73. The summed E-state index contributed by atoms with van der Waals surface area (Å²) in [5, 5.41) is 10.4. The third-order valence-corrected chi connectivity index (χ3v) is 7.46. The number of aromatic amines is 1. The number of nitrogens with zero attached hydrogens (tertiary/aromatic N) is 4. The summed E-state index contributed by atoms with van der Waals surface area (Å²) in [4.78, 5) is 22.4. The van der Waals surface area contributed by atoms with Crippen molar-refractivity contribution >= 4 is 44.9 Å². The zero-order valence-electron chi connectivity index (χ0n) is 15.0. The first kappa shape index (κ1) is 17.9. The van der Waals surface area contributed by atoms with E-state index in [4.69, 9.17) is 16.6 Å². The molecule has 3 heterocycles. The van der Waals surface area contributed by atoms with Crippen molar-refractivity contribution in [3.05, 3.63) is 61.7 Å². The first-order valence-electron chi connectivity index (χ1n) is 8.93. The zero-order chi connectivity index (χ0) is 19.3. The second kappa shape index (κ2) is 7.02. The van der Waals surface area contributed by atoms with E-state index >= 15 is 0 Å². The van der Waals surface area contributed by atoms with Crippen LogP contribution < -0.4 is 5.56 Å². The third kappa shape index (κ3) is 3.05. The number of thiophene rings is 1. The number of H-pyrrole nitrogens is 1. The van der Waals surface area contributed by atoms with Crippen LogP contribution in [0, 0.1) is 6.92 Å². The Morgan fingerprint density at radius 1 is 1.36 bits per heavy atom. The van der Waals surface area contributed by atoms with Crippen LogP contribution in [0.2, 0.25) is 5.02 Å². The SMILES string of the molecule is Cc1ccc(-n2cnnc2SCc2nc3sc4c(c3c(=O)[nH]2)CCC4)cc1Cl. The van der Waals surface area contributed by atoms with Gasteiger partial charge in [-0.2, -0.15) is 0 Å². The van der Waals surface area contributed by atoms with Gasteiger partial charge >= 0.3 is 0 Å². The molecule has 1 aromatic carbocycles. The van der Waals surface area contributed by atoms with E-state index in [1.165, 1.54) is 22.2 Å². The topological polar surface area (TPSA) is 76.5 Å². The molecule has 0 bridgehead atoms. The second-order valence-electron chi connectivity index (χ2n) is 6.76. The molecule has 1 N–H and O–H groups in total. The molecule has 0 amide bonds. The highest BCUT2D eigenvalue weighted by atomic mass is 35.5. The lowest BCUT2D eigenvalue weighted by atomic mass is 10.2. The van der Waals surface area contributed by atoms with E-state index in [2.05, 4.69) is 15.2 Å². The van der Waals surface area contributed by atoms with Crippen molar-refractivity contribution < 1.29 is 0 Å². The third-order valence-electron chi connectivity index (χ3n) is 4.91. The largest absolute Gasteiger partial charge is 0.309 e. The van der Waals surface area contributed by atoms with Crippen LogP contribution in [0.5, 0.6) is 0 Å². The van der Waals surface area contributed by atoms with Gasteiger partial charge in [0.15, 0.2) is 5.16 Å². The number of rotatable bonds is 4. The Morgan fingerprint density at radius 2 is 2.25 bits per heavy atom. The molecule has 9 heteroatoms. The highest BCUT2D eigenvalue weighted by Gasteiger charge is 2.21. The fourth-order valence-electron chi connectivity index (χ4n) is 3.48.